The van der Waals surface area contributed by atoms with Crippen molar-refractivity contribution in [1.82, 2.24) is 4.98 Å². The van der Waals surface area contributed by atoms with E-state index in [9.17, 15) is 4.79 Å². The Balaban J connectivity index is 0.000000476. The number of aryl methyl sites for hydroxylation is 2. The number of ketones is 1. The molecule has 0 saturated heterocycles. The third-order valence-electron chi connectivity index (χ3n) is 5.30. The van der Waals surface area contributed by atoms with Gasteiger partial charge in [0.05, 0.1) is 5.76 Å². The van der Waals surface area contributed by atoms with E-state index in [1.807, 2.05) is 17.5 Å². The van der Waals surface area contributed by atoms with Crippen LogP contribution in [0.2, 0.25) is 0 Å². The maximum atomic E-state index is 10.0. The molecule has 1 N–H and O–H groups in total. The first kappa shape index (κ1) is 28.6. The minimum atomic E-state index is -0.125. The Bertz CT molecular complexity index is 1340. The van der Waals surface area contributed by atoms with Crippen molar-refractivity contribution < 1.29 is 30.0 Å². The fraction of sp³-hybridized carbons (Fsp3) is 0.267. The molecule has 0 bridgehead atoms. The zero-order valence-corrected chi connectivity index (χ0v) is 24.5. The summed E-state index contributed by atoms with van der Waals surface area (Å²) in [4.78, 5) is 16.0. The molecule has 3 nitrogen and oxygen atoms in total. The van der Waals surface area contributed by atoms with Crippen molar-refractivity contribution in [2.45, 2.75) is 53.9 Å². The minimum absolute atomic E-state index is 0. The normalized spacial score (nSPS) is 11.5. The first-order valence-corrected chi connectivity index (χ1v) is 12.1. The van der Waals surface area contributed by atoms with Gasteiger partial charge in [0.25, 0.3) is 0 Å². The molecular weight excluding hydrogens is 631 g/mol. The van der Waals surface area contributed by atoms with Gasteiger partial charge in [-0.15, -0.1) is 46.2 Å². The molecule has 0 saturated carbocycles. The maximum Gasteiger partial charge on any atom is 0.155 e. The third-order valence-corrected chi connectivity index (χ3v) is 6.44. The number of fused-ring (bicyclic) bond motifs is 1. The summed E-state index contributed by atoms with van der Waals surface area (Å²) < 4.78 is 1.27. The number of benzene rings is 2. The van der Waals surface area contributed by atoms with Gasteiger partial charge in [-0.2, -0.15) is 0 Å². The molecule has 0 amide bonds. The summed E-state index contributed by atoms with van der Waals surface area (Å²) in [6.07, 6.45) is 3.16. The Kier molecular flexibility index (Phi) is 9.74. The first-order valence-electron chi connectivity index (χ1n) is 11.3. The molecule has 0 unspecified atom stereocenters. The van der Waals surface area contributed by atoms with E-state index in [1.165, 1.54) is 51.6 Å². The van der Waals surface area contributed by atoms with Crippen molar-refractivity contribution in [3.8, 4) is 21.7 Å². The summed E-state index contributed by atoms with van der Waals surface area (Å²) in [6, 6.07) is 21.1. The van der Waals surface area contributed by atoms with Crippen molar-refractivity contribution in [1.29, 1.82) is 0 Å². The van der Waals surface area contributed by atoms with E-state index in [-0.39, 0.29) is 37.1 Å². The maximum absolute atomic E-state index is 10.0. The standard InChI is InChI=1S/C25H24NS.C5H8O2.Ir/c1-16-6-8-18(9-7-16)23-13-20-15-26-22(14-24(20)27-23)19-10-17(2)11-21(12-19)25(3,4)5;1-4(6)3-5(2)7;/h6-9,11-15H,1-5H3;3,6H,1-2H3;/q-1;;/b;4-3-;. The summed E-state index contributed by atoms with van der Waals surface area (Å²) >= 11 is 1.83. The summed E-state index contributed by atoms with van der Waals surface area (Å²) in [5.41, 5.74) is 7.21. The van der Waals surface area contributed by atoms with E-state index in [0.29, 0.717) is 0 Å². The van der Waals surface area contributed by atoms with Crippen LogP contribution in [0.5, 0.6) is 0 Å². The summed E-state index contributed by atoms with van der Waals surface area (Å²) in [5.74, 6) is -0.0625. The van der Waals surface area contributed by atoms with Crippen LogP contribution >= 0.6 is 11.3 Å². The van der Waals surface area contributed by atoms with Crippen LogP contribution < -0.4 is 0 Å². The van der Waals surface area contributed by atoms with Crippen molar-refractivity contribution in [2.75, 3.05) is 0 Å². The molecule has 4 rings (SSSR count). The van der Waals surface area contributed by atoms with Crippen LogP contribution in [0.3, 0.4) is 0 Å². The number of carbonyl (C=O) groups excluding carboxylic acids is 1. The minimum Gasteiger partial charge on any atom is -0.512 e. The number of aromatic nitrogens is 1. The molecule has 2 heterocycles. The zero-order valence-electron chi connectivity index (χ0n) is 21.3. The monoisotopic (exact) mass is 663 g/mol. The van der Waals surface area contributed by atoms with Gasteiger partial charge >= 0.3 is 0 Å². The molecule has 5 heteroatoms. The van der Waals surface area contributed by atoms with E-state index in [4.69, 9.17) is 10.1 Å². The van der Waals surface area contributed by atoms with Gasteiger partial charge in [0.15, 0.2) is 5.78 Å². The number of nitrogens with zero attached hydrogens (tertiary/aromatic N) is 1. The average molecular weight is 663 g/mol. The topological polar surface area (TPSA) is 50.2 Å². The van der Waals surface area contributed by atoms with Crippen molar-refractivity contribution >= 4 is 27.2 Å². The van der Waals surface area contributed by atoms with Crippen LogP contribution in [0.1, 0.15) is 51.3 Å². The van der Waals surface area contributed by atoms with Crippen LogP contribution in [0.4, 0.5) is 0 Å². The van der Waals surface area contributed by atoms with Gasteiger partial charge in [-0.05, 0) is 43.5 Å². The van der Waals surface area contributed by atoms with Crippen LogP contribution in [-0.4, -0.2) is 15.9 Å². The predicted octanol–water partition coefficient (Wildman–Crippen LogP) is 8.38. The Hall–Kier alpha value is -2.59. The molecule has 2 aromatic heterocycles. The average Bonchev–Trinajstić information content (AvgIpc) is 3.16. The number of pyridine rings is 1. The van der Waals surface area contributed by atoms with Crippen LogP contribution in [0.15, 0.2) is 66.6 Å². The number of rotatable bonds is 3. The SMILES string of the molecule is CC(=O)/C=C(/C)O.Cc1[c-]c(-c2cc3sc(-c4ccc(C)cc4)cc3cn2)cc(C(C)(C)C)c1.[Ir]. The third kappa shape index (κ3) is 7.96. The molecule has 0 spiro atoms. The van der Waals surface area contributed by atoms with Crippen molar-refractivity contribution in [2.24, 2.45) is 0 Å². The molecule has 0 aliphatic heterocycles. The van der Waals surface area contributed by atoms with Gasteiger partial charge < -0.3 is 10.1 Å². The second-order valence-corrected chi connectivity index (χ2v) is 10.8. The van der Waals surface area contributed by atoms with Gasteiger partial charge in [-0.1, -0.05) is 63.6 Å². The van der Waals surface area contributed by atoms with Crippen LogP contribution in [0.25, 0.3) is 31.8 Å². The Morgan fingerprint density at radius 2 is 1.69 bits per heavy atom. The van der Waals surface area contributed by atoms with E-state index in [2.05, 4.69) is 89.2 Å². The number of carbonyl (C=O) groups is 1. The van der Waals surface area contributed by atoms with E-state index in [1.54, 1.807) is 0 Å². The fourth-order valence-electron chi connectivity index (χ4n) is 3.52. The molecular formula is C30H32IrNO2S-. The molecule has 0 fully saturated rings. The molecule has 0 atom stereocenters. The van der Waals surface area contributed by atoms with Gasteiger partial charge in [-0.25, -0.2) is 0 Å². The number of aliphatic hydroxyl groups excluding tert-OH is 1. The number of allylic oxidation sites excluding steroid dienone is 2. The Morgan fingerprint density at radius 3 is 2.23 bits per heavy atom. The first-order chi connectivity index (χ1) is 15.9. The number of hydrogen-bond donors (Lipinski definition) is 1. The number of aliphatic hydroxyl groups is 1. The number of thiophene rings is 1. The van der Waals surface area contributed by atoms with Gasteiger partial charge in [-0.3, -0.25) is 4.79 Å². The largest absolute Gasteiger partial charge is 0.512 e. The van der Waals surface area contributed by atoms with Gasteiger partial charge in [0.2, 0.25) is 0 Å². The zero-order chi connectivity index (χ0) is 25.0. The molecule has 185 valence electrons. The van der Waals surface area contributed by atoms with Crippen molar-refractivity contribution in [3.63, 3.8) is 0 Å². The predicted molar refractivity (Wildman–Crippen MR) is 145 cm³/mol. The summed E-state index contributed by atoms with van der Waals surface area (Å²) in [7, 11) is 0. The van der Waals surface area contributed by atoms with Crippen LogP contribution in [0, 0.1) is 19.9 Å². The van der Waals surface area contributed by atoms with E-state index in [0.717, 1.165) is 16.8 Å². The molecule has 0 aliphatic carbocycles. The molecule has 2 aromatic carbocycles. The molecule has 35 heavy (non-hydrogen) atoms. The van der Waals surface area contributed by atoms with Crippen LogP contribution in [-0.2, 0) is 30.3 Å². The fourth-order valence-corrected chi connectivity index (χ4v) is 4.60. The molecule has 1 radical (unpaired) electrons. The smallest absolute Gasteiger partial charge is 0.155 e. The Morgan fingerprint density at radius 1 is 1.03 bits per heavy atom. The second kappa shape index (κ2) is 11.9. The second-order valence-electron chi connectivity index (χ2n) is 9.70. The van der Waals surface area contributed by atoms with Gasteiger partial charge in [0, 0.05) is 47.3 Å². The summed E-state index contributed by atoms with van der Waals surface area (Å²) in [6.45, 7) is 13.8. The van der Waals surface area contributed by atoms with Gasteiger partial charge in [0.1, 0.15) is 0 Å². The summed E-state index contributed by atoms with van der Waals surface area (Å²) in [5, 5.41) is 9.56. The molecule has 4 aromatic rings. The van der Waals surface area contributed by atoms with E-state index >= 15 is 0 Å². The number of hydrogen-bond acceptors (Lipinski definition) is 4. The van der Waals surface area contributed by atoms with Crippen molar-refractivity contribution in [3.05, 3.63) is 89.3 Å². The Labute approximate surface area is 226 Å². The molecule has 0 aliphatic rings. The quantitative estimate of drug-likeness (QED) is 0.136. The van der Waals surface area contributed by atoms with E-state index < -0.39 is 0 Å².